The van der Waals surface area contributed by atoms with E-state index in [1.807, 2.05) is 51.4 Å². The fraction of sp³-hybridized carbons (Fsp3) is 0.375. The van der Waals surface area contributed by atoms with Crippen LogP contribution in [0.4, 0.5) is 5.82 Å². The van der Waals surface area contributed by atoms with Gasteiger partial charge in [-0.15, -0.1) is 0 Å². The number of nitrogens with zero attached hydrogens (tertiary/aromatic N) is 6. The van der Waals surface area contributed by atoms with Gasteiger partial charge in [-0.3, -0.25) is 9.59 Å². The van der Waals surface area contributed by atoms with Crippen molar-refractivity contribution in [1.82, 2.24) is 24.6 Å². The Kier molecular flexibility index (Phi) is 6.38. The summed E-state index contributed by atoms with van der Waals surface area (Å²) in [5.41, 5.74) is 2.05. The van der Waals surface area contributed by atoms with Crippen LogP contribution in [0.5, 0.6) is 0 Å². The van der Waals surface area contributed by atoms with Crippen LogP contribution < -0.4 is 5.32 Å². The third kappa shape index (κ3) is 4.71. The number of benzene rings is 1. The Hall–Kier alpha value is -3.77. The molecule has 1 aromatic carbocycles. The van der Waals surface area contributed by atoms with E-state index in [9.17, 15) is 14.9 Å². The number of pyridine rings is 1. The molecule has 0 radical (unpaired) electrons. The maximum Gasteiger partial charge on any atom is 0.230 e. The van der Waals surface area contributed by atoms with Gasteiger partial charge in [-0.05, 0) is 51.7 Å². The van der Waals surface area contributed by atoms with Crippen molar-refractivity contribution in [3.63, 3.8) is 0 Å². The van der Waals surface area contributed by atoms with Gasteiger partial charge in [-0.2, -0.15) is 15.0 Å². The molecule has 33 heavy (non-hydrogen) atoms. The smallest absolute Gasteiger partial charge is 0.230 e. The van der Waals surface area contributed by atoms with Gasteiger partial charge in [0, 0.05) is 24.9 Å². The molecule has 0 aliphatic carbocycles. The highest BCUT2D eigenvalue weighted by atomic mass is 16.2. The van der Waals surface area contributed by atoms with Crippen LogP contribution in [0.1, 0.15) is 24.0 Å². The van der Waals surface area contributed by atoms with E-state index >= 15 is 0 Å². The van der Waals surface area contributed by atoms with Crippen molar-refractivity contribution in [2.24, 2.45) is 5.92 Å². The number of para-hydroxylation sites is 1. The molecule has 1 saturated heterocycles. The van der Waals surface area contributed by atoms with Gasteiger partial charge >= 0.3 is 0 Å². The summed E-state index contributed by atoms with van der Waals surface area (Å²) in [5.74, 6) is -0.0130. The van der Waals surface area contributed by atoms with Crippen LogP contribution in [-0.4, -0.2) is 70.1 Å². The van der Waals surface area contributed by atoms with Gasteiger partial charge in [0.05, 0.1) is 17.6 Å². The summed E-state index contributed by atoms with van der Waals surface area (Å²) < 4.78 is 1.47. The second kappa shape index (κ2) is 9.38. The van der Waals surface area contributed by atoms with Gasteiger partial charge in [-0.25, -0.2) is 4.98 Å². The van der Waals surface area contributed by atoms with E-state index in [4.69, 9.17) is 0 Å². The van der Waals surface area contributed by atoms with Crippen LogP contribution in [-0.2, 0) is 9.59 Å². The Morgan fingerprint density at radius 2 is 2.12 bits per heavy atom. The molecule has 4 rings (SSSR count). The van der Waals surface area contributed by atoms with E-state index in [0.717, 1.165) is 29.4 Å². The number of hydrogen-bond acceptors (Lipinski definition) is 6. The normalized spacial score (nSPS) is 15.9. The molecule has 9 nitrogen and oxygen atoms in total. The Labute approximate surface area is 192 Å². The molecule has 0 spiro atoms. The fourth-order valence-corrected chi connectivity index (χ4v) is 4.12. The van der Waals surface area contributed by atoms with Gasteiger partial charge < -0.3 is 15.1 Å². The number of nitrogens with one attached hydrogen (secondary N) is 1. The highest BCUT2D eigenvalue weighted by molar-refractivity contribution is 5.97. The van der Waals surface area contributed by atoms with Gasteiger partial charge in [0.2, 0.25) is 11.8 Å². The molecule has 2 amide bonds. The van der Waals surface area contributed by atoms with Gasteiger partial charge in [0.1, 0.15) is 11.6 Å². The van der Waals surface area contributed by atoms with Crippen LogP contribution in [0.2, 0.25) is 0 Å². The molecule has 1 fully saturated rings. The first-order valence-corrected chi connectivity index (χ1v) is 11.0. The van der Waals surface area contributed by atoms with Crippen LogP contribution in [0.3, 0.4) is 0 Å². The van der Waals surface area contributed by atoms with Crippen molar-refractivity contribution in [3.8, 4) is 11.9 Å². The zero-order valence-corrected chi connectivity index (χ0v) is 19.1. The molecule has 2 aromatic heterocycles. The van der Waals surface area contributed by atoms with Gasteiger partial charge in [0.15, 0.2) is 11.6 Å². The van der Waals surface area contributed by atoms with E-state index in [0.29, 0.717) is 18.9 Å². The molecule has 1 unspecified atom stereocenters. The average Bonchev–Trinajstić information content (AvgIpc) is 3.36. The molecule has 1 aliphatic heterocycles. The zero-order valence-electron chi connectivity index (χ0n) is 19.1. The Balaban J connectivity index is 1.55. The minimum atomic E-state index is -0.474. The third-order valence-corrected chi connectivity index (χ3v) is 5.88. The van der Waals surface area contributed by atoms with Gasteiger partial charge in [0.25, 0.3) is 0 Å². The quantitative estimate of drug-likeness (QED) is 0.598. The molecule has 0 saturated carbocycles. The maximum atomic E-state index is 13.0. The number of anilines is 1. The standard InChI is InChI=1S/C24H27N7O2/c1-16-11-21(27-20-8-5-4-7-19(16)20)31-23(18(13-25)14-26-31)28-24(33)17-12-22(32)30(15-17)10-6-9-29(2)3/h4-5,7-8,11,14,17H,6,9-10,12,15H2,1-3H3,(H,28,33). The van der Waals surface area contributed by atoms with E-state index in [-0.39, 0.29) is 29.6 Å². The molecule has 1 atom stereocenters. The first kappa shape index (κ1) is 22.4. The fourth-order valence-electron chi connectivity index (χ4n) is 4.12. The number of nitriles is 1. The summed E-state index contributed by atoms with van der Waals surface area (Å²) in [6.45, 7) is 3.86. The Bertz CT molecular complexity index is 1240. The van der Waals surface area contributed by atoms with Crippen LogP contribution in [0, 0.1) is 24.2 Å². The van der Waals surface area contributed by atoms with E-state index in [1.165, 1.54) is 10.9 Å². The predicted molar refractivity (Wildman–Crippen MR) is 125 cm³/mol. The molecule has 1 N–H and O–H groups in total. The molecule has 1 aliphatic rings. The minimum Gasteiger partial charge on any atom is -0.342 e. The number of carbonyl (C=O) groups is 2. The summed E-state index contributed by atoms with van der Waals surface area (Å²) in [5, 5.41) is 17.7. The van der Waals surface area contributed by atoms with Crippen molar-refractivity contribution >= 4 is 28.5 Å². The molecular formula is C24H27N7O2. The number of aromatic nitrogens is 3. The second-order valence-corrected chi connectivity index (χ2v) is 8.63. The number of amides is 2. The number of carbonyl (C=O) groups excluding carboxylic acids is 2. The molecular weight excluding hydrogens is 418 g/mol. The van der Waals surface area contributed by atoms with E-state index in [2.05, 4.69) is 26.4 Å². The van der Waals surface area contributed by atoms with Gasteiger partial charge in [-0.1, -0.05) is 18.2 Å². The third-order valence-electron chi connectivity index (χ3n) is 5.88. The highest BCUT2D eigenvalue weighted by Crippen LogP contribution is 2.25. The molecule has 3 aromatic rings. The van der Waals surface area contributed by atoms with E-state index < -0.39 is 5.92 Å². The number of aryl methyl sites for hydroxylation is 1. The Morgan fingerprint density at radius 3 is 2.88 bits per heavy atom. The van der Waals surface area contributed by atoms with Crippen molar-refractivity contribution in [3.05, 3.63) is 47.7 Å². The lowest BCUT2D eigenvalue weighted by Gasteiger charge is -2.18. The topological polar surface area (TPSA) is 107 Å². The van der Waals surface area contributed by atoms with E-state index in [1.54, 1.807) is 4.90 Å². The summed E-state index contributed by atoms with van der Waals surface area (Å²) in [7, 11) is 3.98. The maximum absolute atomic E-state index is 13.0. The first-order valence-electron chi connectivity index (χ1n) is 11.0. The summed E-state index contributed by atoms with van der Waals surface area (Å²) in [6.07, 6.45) is 2.43. The lowest BCUT2D eigenvalue weighted by molar-refractivity contribution is -0.128. The monoisotopic (exact) mass is 445 g/mol. The van der Waals surface area contributed by atoms with Crippen LogP contribution in [0.25, 0.3) is 16.7 Å². The number of rotatable bonds is 7. The molecule has 9 heteroatoms. The average molecular weight is 446 g/mol. The van der Waals surface area contributed by atoms with Crippen molar-refractivity contribution in [2.45, 2.75) is 19.8 Å². The van der Waals surface area contributed by atoms with Crippen LogP contribution in [0.15, 0.2) is 36.5 Å². The zero-order chi connectivity index (χ0) is 23.5. The number of hydrogen-bond donors (Lipinski definition) is 1. The van der Waals surface area contributed by atoms with Crippen molar-refractivity contribution in [1.29, 1.82) is 5.26 Å². The largest absolute Gasteiger partial charge is 0.342 e. The summed E-state index contributed by atoms with van der Waals surface area (Å²) >= 11 is 0. The Morgan fingerprint density at radius 1 is 1.33 bits per heavy atom. The summed E-state index contributed by atoms with van der Waals surface area (Å²) in [4.78, 5) is 33.9. The van der Waals surface area contributed by atoms with Crippen molar-refractivity contribution < 1.29 is 9.59 Å². The lowest BCUT2D eigenvalue weighted by Crippen LogP contribution is -2.31. The minimum absolute atomic E-state index is 0.0188. The molecule has 3 heterocycles. The number of fused-ring (bicyclic) bond motifs is 1. The predicted octanol–water partition coefficient (Wildman–Crippen LogP) is 2.34. The molecule has 170 valence electrons. The summed E-state index contributed by atoms with van der Waals surface area (Å²) in [6, 6.07) is 11.7. The second-order valence-electron chi connectivity index (χ2n) is 8.63. The first-order chi connectivity index (χ1) is 15.9. The SMILES string of the molecule is Cc1cc(-n2ncc(C#N)c2NC(=O)C2CC(=O)N(CCCN(C)C)C2)nc2ccccc12. The number of likely N-dealkylation sites (tertiary alicyclic amines) is 1. The molecule has 0 bridgehead atoms. The van der Waals surface area contributed by atoms with Crippen LogP contribution >= 0.6 is 0 Å². The lowest BCUT2D eigenvalue weighted by atomic mass is 10.1. The highest BCUT2D eigenvalue weighted by Gasteiger charge is 2.34. The van der Waals surface area contributed by atoms with Crippen molar-refractivity contribution in [2.75, 3.05) is 39.0 Å².